The van der Waals surface area contributed by atoms with Gasteiger partial charge in [0, 0.05) is 31.7 Å². The van der Waals surface area contributed by atoms with E-state index in [1.165, 1.54) is 4.31 Å². The van der Waals surface area contributed by atoms with Crippen LogP contribution < -0.4 is 4.72 Å². The van der Waals surface area contributed by atoms with Crippen LogP contribution >= 0.6 is 0 Å². The molecule has 1 atom stereocenters. The second-order valence-corrected chi connectivity index (χ2v) is 7.90. The summed E-state index contributed by atoms with van der Waals surface area (Å²) >= 11 is 0. The predicted molar refractivity (Wildman–Crippen MR) is 79.3 cm³/mol. The minimum Gasteiger partial charge on any atom is -0.285 e. The van der Waals surface area contributed by atoms with E-state index in [1.807, 2.05) is 20.8 Å². The Morgan fingerprint density at radius 3 is 2.20 bits per heavy atom. The second-order valence-electron chi connectivity index (χ2n) is 6.23. The van der Waals surface area contributed by atoms with Crippen LogP contribution in [0.15, 0.2) is 0 Å². The first kappa shape index (κ1) is 17.4. The quantitative estimate of drug-likeness (QED) is 0.819. The van der Waals surface area contributed by atoms with Gasteiger partial charge in [0.2, 0.25) is 0 Å². The smallest absolute Gasteiger partial charge is 0.280 e. The van der Waals surface area contributed by atoms with E-state index in [-0.39, 0.29) is 6.04 Å². The SMILES string of the molecule is CCCC(C#N)N1CCN(S(=O)(=O)NC(C)(C)C)CC1. The molecule has 1 aliphatic rings. The maximum absolute atomic E-state index is 12.2. The number of hydrogen-bond acceptors (Lipinski definition) is 4. The zero-order valence-electron chi connectivity index (χ0n) is 12.9. The first-order valence-corrected chi connectivity index (χ1v) is 8.56. The van der Waals surface area contributed by atoms with E-state index >= 15 is 0 Å². The Kier molecular flexibility index (Phi) is 5.95. The normalized spacial score (nSPS) is 20.6. The molecule has 0 saturated carbocycles. The second kappa shape index (κ2) is 6.85. The van der Waals surface area contributed by atoms with Crippen LogP contribution in [0.2, 0.25) is 0 Å². The monoisotopic (exact) mass is 302 g/mol. The van der Waals surface area contributed by atoms with E-state index in [4.69, 9.17) is 5.26 Å². The number of hydrogen-bond donors (Lipinski definition) is 1. The molecule has 116 valence electrons. The molecule has 0 amide bonds. The van der Waals surface area contributed by atoms with Crippen LogP contribution in [0.4, 0.5) is 0 Å². The van der Waals surface area contributed by atoms with Crippen LogP contribution in [-0.2, 0) is 10.2 Å². The van der Waals surface area contributed by atoms with Crippen molar-refractivity contribution < 1.29 is 8.42 Å². The Bertz CT molecular complexity index is 442. The summed E-state index contributed by atoms with van der Waals surface area (Å²) in [5, 5.41) is 9.15. The van der Waals surface area contributed by atoms with Crippen molar-refractivity contribution in [2.45, 2.75) is 52.1 Å². The topological polar surface area (TPSA) is 76.4 Å². The molecule has 1 unspecified atom stereocenters. The molecule has 0 aromatic heterocycles. The van der Waals surface area contributed by atoms with E-state index in [0.29, 0.717) is 26.2 Å². The van der Waals surface area contributed by atoms with Gasteiger partial charge in [-0.25, -0.2) is 0 Å². The Morgan fingerprint density at radius 2 is 1.80 bits per heavy atom. The van der Waals surface area contributed by atoms with Gasteiger partial charge in [-0.1, -0.05) is 13.3 Å². The molecular formula is C13H26N4O2S. The molecule has 20 heavy (non-hydrogen) atoms. The van der Waals surface area contributed by atoms with Gasteiger partial charge in [0.1, 0.15) is 0 Å². The molecule has 1 aliphatic heterocycles. The molecule has 0 aromatic rings. The van der Waals surface area contributed by atoms with Gasteiger partial charge in [-0.05, 0) is 27.2 Å². The number of nitrogens with one attached hydrogen (secondary N) is 1. The summed E-state index contributed by atoms with van der Waals surface area (Å²) in [6, 6.07) is 2.21. The van der Waals surface area contributed by atoms with Crippen molar-refractivity contribution in [3.05, 3.63) is 0 Å². The maximum Gasteiger partial charge on any atom is 0.280 e. The molecular weight excluding hydrogens is 276 g/mol. The van der Waals surface area contributed by atoms with Crippen LogP contribution in [-0.4, -0.2) is 55.4 Å². The average molecular weight is 302 g/mol. The molecule has 0 radical (unpaired) electrons. The molecule has 1 rings (SSSR count). The third-order valence-electron chi connectivity index (χ3n) is 3.20. The van der Waals surface area contributed by atoms with Gasteiger partial charge >= 0.3 is 0 Å². The first-order valence-electron chi connectivity index (χ1n) is 7.12. The zero-order chi connectivity index (χ0) is 15.4. The lowest BCUT2D eigenvalue weighted by molar-refractivity contribution is 0.155. The Balaban J connectivity index is 2.60. The van der Waals surface area contributed by atoms with Crippen molar-refractivity contribution >= 4 is 10.2 Å². The fourth-order valence-electron chi connectivity index (χ4n) is 2.31. The van der Waals surface area contributed by atoms with E-state index in [9.17, 15) is 8.42 Å². The summed E-state index contributed by atoms with van der Waals surface area (Å²) in [5.41, 5.74) is -0.479. The van der Waals surface area contributed by atoms with Gasteiger partial charge in [-0.3, -0.25) is 4.90 Å². The number of nitriles is 1. The predicted octanol–water partition coefficient (Wildman–Crippen LogP) is 0.929. The van der Waals surface area contributed by atoms with Crippen LogP contribution in [0, 0.1) is 11.3 Å². The lowest BCUT2D eigenvalue weighted by Gasteiger charge is -2.37. The molecule has 0 spiro atoms. The van der Waals surface area contributed by atoms with E-state index in [2.05, 4.69) is 22.6 Å². The standard InChI is InChI=1S/C13H26N4O2S/c1-5-6-12(11-14)16-7-9-17(10-8-16)20(18,19)15-13(2,3)4/h12,15H,5-10H2,1-4H3. The highest BCUT2D eigenvalue weighted by Crippen LogP contribution is 2.14. The van der Waals surface area contributed by atoms with Crippen molar-refractivity contribution in [2.24, 2.45) is 0 Å². The van der Waals surface area contributed by atoms with Crippen molar-refractivity contribution in [2.75, 3.05) is 26.2 Å². The van der Waals surface area contributed by atoms with Crippen LogP contribution in [0.1, 0.15) is 40.5 Å². The number of nitrogens with zero attached hydrogens (tertiary/aromatic N) is 3. The first-order chi connectivity index (χ1) is 9.19. The van der Waals surface area contributed by atoms with Crippen molar-refractivity contribution in [3.63, 3.8) is 0 Å². The highest BCUT2D eigenvalue weighted by Gasteiger charge is 2.31. The number of rotatable bonds is 5. The Labute approximate surface area is 122 Å². The summed E-state index contributed by atoms with van der Waals surface area (Å²) in [5.74, 6) is 0. The average Bonchev–Trinajstić information content (AvgIpc) is 2.33. The fraction of sp³-hybridized carbons (Fsp3) is 0.923. The fourth-order valence-corrected chi connectivity index (χ4v) is 3.86. The molecule has 0 aromatic carbocycles. The largest absolute Gasteiger partial charge is 0.285 e. The van der Waals surface area contributed by atoms with Crippen molar-refractivity contribution in [1.82, 2.24) is 13.9 Å². The van der Waals surface area contributed by atoms with Crippen molar-refractivity contribution in [3.8, 4) is 6.07 Å². The van der Waals surface area contributed by atoms with Crippen LogP contribution in [0.5, 0.6) is 0 Å². The highest BCUT2D eigenvalue weighted by molar-refractivity contribution is 7.87. The zero-order valence-corrected chi connectivity index (χ0v) is 13.7. The van der Waals surface area contributed by atoms with Gasteiger partial charge in [0.05, 0.1) is 12.1 Å². The Hall–Kier alpha value is -0.680. The molecule has 0 bridgehead atoms. The van der Waals surface area contributed by atoms with Crippen LogP contribution in [0.3, 0.4) is 0 Å². The van der Waals surface area contributed by atoms with E-state index in [0.717, 1.165) is 12.8 Å². The molecule has 1 heterocycles. The molecule has 1 saturated heterocycles. The van der Waals surface area contributed by atoms with Crippen molar-refractivity contribution in [1.29, 1.82) is 5.26 Å². The molecule has 0 aliphatic carbocycles. The summed E-state index contributed by atoms with van der Waals surface area (Å²) in [7, 11) is -3.44. The highest BCUT2D eigenvalue weighted by atomic mass is 32.2. The van der Waals surface area contributed by atoms with E-state index in [1.54, 1.807) is 0 Å². The molecule has 1 N–H and O–H groups in total. The third-order valence-corrected chi connectivity index (χ3v) is 5.12. The van der Waals surface area contributed by atoms with Gasteiger partial charge in [-0.2, -0.15) is 22.7 Å². The molecule has 7 heteroatoms. The lowest BCUT2D eigenvalue weighted by atomic mass is 10.1. The molecule has 1 fully saturated rings. The minimum absolute atomic E-state index is 0.0968. The van der Waals surface area contributed by atoms with Gasteiger partial charge < -0.3 is 0 Å². The van der Waals surface area contributed by atoms with Gasteiger partial charge in [0.25, 0.3) is 10.2 Å². The maximum atomic E-state index is 12.2. The lowest BCUT2D eigenvalue weighted by Crippen LogP contribution is -2.56. The minimum atomic E-state index is -3.44. The van der Waals surface area contributed by atoms with Gasteiger partial charge in [0.15, 0.2) is 0 Å². The summed E-state index contributed by atoms with van der Waals surface area (Å²) < 4.78 is 28.5. The Morgan fingerprint density at radius 1 is 1.25 bits per heavy atom. The molecule has 6 nitrogen and oxygen atoms in total. The number of piperazine rings is 1. The van der Waals surface area contributed by atoms with E-state index < -0.39 is 15.7 Å². The summed E-state index contributed by atoms with van der Waals surface area (Å²) in [6.07, 6.45) is 1.80. The van der Waals surface area contributed by atoms with Crippen LogP contribution in [0.25, 0.3) is 0 Å². The van der Waals surface area contributed by atoms with Gasteiger partial charge in [-0.15, -0.1) is 0 Å². The third kappa shape index (κ3) is 5.02. The summed E-state index contributed by atoms with van der Waals surface area (Å²) in [4.78, 5) is 2.08. The summed E-state index contributed by atoms with van der Waals surface area (Å²) in [6.45, 7) is 9.64.